The number of alkyl carbamates (subject to hydrolysis) is 1. The van der Waals surface area contributed by atoms with Crippen molar-refractivity contribution in [2.75, 3.05) is 6.54 Å². The largest absolute Gasteiger partial charge is 0.444 e. The van der Waals surface area contributed by atoms with Crippen molar-refractivity contribution in [3.63, 3.8) is 0 Å². The molecule has 2 aromatic heterocycles. The Morgan fingerprint density at radius 2 is 2.24 bits per heavy atom. The quantitative estimate of drug-likeness (QED) is 0.918. The summed E-state index contributed by atoms with van der Waals surface area (Å²) in [5.41, 5.74) is 0.273. The number of nitrogens with zero attached hydrogens (tertiary/aromatic N) is 4. The van der Waals surface area contributed by atoms with Crippen LogP contribution >= 0.6 is 0 Å². The van der Waals surface area contributed by atoms with Crippen molar-refractivity contribution in [1.82, 2.24) is 25.2 Å². The fraction of sp³-hybridized carbons (Fsp3) is 0.538. The van der Waals surface area contributed by atoms with E-state index >= 15 is 0 Å². The maximum atomic E-state index is 11.5. The van der Waals surface area contributed by atoms with Crippen LogP contribution in [0, 0.1) is 0 Å². The number of carbonyl (C=O) groups is 1. The third kappa shape index (κ3) is 4.59. The summed E-state index contributed by atoms with van der Waals surface area (Å²) in [5.74, 6) is 0.931. The lowest BCUT2D eigenvalue weighted by Crippen LogP contribution is -2.33. The van der Waals surface area contributed by atoms with E-state index in [1.807, 2.05) is 27.8 Å². The van der Waals surface area contributed by atoms with E-state index < -0.39 is 11.7 Å². The number of rotatable bonds is 4. The number of carbonyl (C=O) groups excluding carboxylic acids is 1. The van der Waals surface area contributed by atoms with E-state index in [-0.39, 0.29) is 0 Å². The zero-order valence-electron chi connectivity index (χ0n) is 12.6. The van der Waals surface area contributed by atoms with Crippen LogP contribution in [0.25, 0.3) is 11.4 Å². The summed E-state index contributed by atoms with van der Waals surface area (Å²) in [5, 5.41) is 10.6. The Balaban J connectivity index is 1.82. The minimum atomic E-state index is -0.512. The maximum absolute atomic E-state index is 11.5. The molecule has 0 aliphatic heterocycles. The average molecular weight is 293 g/mol. The Bertz CT molecular complexity index is 611. The molecule has 0 fully saturated rings. The van der Waals surface area contributed by atoms with Crippen LogP contribution in [0.4, 0.5) is 4.79 Å². The molecule has 21 heavy (non-hydrogen) atoms. The Kier molecular flexibility index (Phi) is 4.25. The lowest BCUT2D eigenvalue weighted by Gasteiger charge is -2.19. The zero-order chi connectivity index (χ0) is 15.5. The first-order valence-electron chi connectivity index (χ1n) is 6.62. The highest BCUT2D eigenvalue weighted by atomic mass is 16.6. The van der Waals surface area contributed by atoms with Gasteiger partial charge in [0.05, 0.1) is 11.8 Å². The second kappa shape index (κ2) is 5.94. The van der Waals surface area contributed by atoms with E-state index in [2.05, 4.69) is 20.6 Å². The van der Waals surface area contributed by atoms with Crippen LogP contribution < -0.4 is 5.32 Å². The minimum Gasteiger partial charge on any atom is -0.444 e. The van der Waals surface area contributed by atoms with E-state index in [1.165, 1.54) is 0 Å². The van der Waals surface area contributed by atoms with Gasteiger partial charge >= 0.3 is 6.09 Å². The Hall–Kier alpha value is -2.38. The molecule has 8 nitrogen and oxygen atoms in total. The summed E-state index contributed by atoms with van der Waals surface area (Å²) in [7, 11) is 1.81. The first-order chi connectivity index (χ1) is 9.83. The third-order valence-electron chi connectivity index (χ3n) is 2.44. The van der Waals surface area contributed by atoms with Crippen LogP contribution in [0.3, 0.4) is 0 Å². The van der Waals surface area contributed by atoms with Crippen LogP contribution in [-0.2, 0) is 18.2 Å². The second-order valence-electron chi connectivity index (χ2n) is 5.59. The number of hydrogen-bond acceptors (Lipinski definition) is 6. The molecule has 2 rings (SSSR count). The molecular formula is C13H19N5O3. The number of nitrogens with one attached hydrogen (secondary N) is 1. The molecule has 1 amide bonds. The molecule has 0 atom stereocenters. The van der Waals surface area contributed by atoms with Gasteiger partial charge in [0.15, 0.2) is 0 Å². The standard InChI is InChI=1S/C13H19N5O3/c1-13(2,3)20-12(19)14-6-5-10-16-11(17-21-10)9-7-15-18(4)8-9/h7-8H,5-6H2,1-4H3,(H,14,19). The van der Waals surface area contributed by atoms with Gasteiger partial charge in [-0.05, 0) is 20.8 Å². The molecule has 0 aliphatic rings. The van der Waals surface area contributed by atoms with E-state index in [1.54, 1.807) is 17.1 Å². The van der Waals surface area contributed by atoms with Gasteiger partial charge in [0.25, 0.3) is 0 Å². The van der Waals surface area contributed by atoms with E-state index in [4.69, 9.17) is 9.26 Å². The molecule has 0 radical (unpaired) electrons. The van der Waals surface area contributed by atoms with Crippen LogP contribution in [0.5, 0.6) is 0 Å². The third-order valence-corrected chi connectivity index (χ3v) is 2.44. The van der Waals surface area contributed by atoms with Gasteiger partial charge in [-0.15, -0.1) is 0 Å². The molecule has 0 aromatic carbocycles. The average Bonchev–Trinajstić information content (AvgIpc) is 2.95. The molecular weight excluding hydrogens is 274 g/mol. The summed E-state index contributed by atoms with van der Waals surface area (Å²) in [6.45, 7) is 5.80. The monoisotopic (exact) mass is 293 g/mol. The van der Waals surface area contributed by atoms with Crippen molar-refractivity contribution in [2.24, 2.45) is 7.05 Å². The number of hydrogen-bond donors (Lipinski definition) is 1. The second-order valence-corrected chi connectivity index (χ2v) is 5.59. The Morgan fingerprint density at radius 3 is 2.86 bits per heavy atom. The highest BCUT2D eigenvalue weighted by Crippen LogP contribution is 2.14. The van der Waals surface area contributed by atoms with Crippen molar-refractivity contribution in [2.45, 2.75) is 32.8 Å². The fourth-order valence-electron chi connectivity index (χ4n) is 1.60. The number of amides is 1. The highest BCUT2D eigenvalue weighted by molar-refractivity contribution is 5.67. The smallest absolute Gasteiger partial charge is 0.407 e. The fourth-order valence-corrected chi connectivity index (χ4v) is 1.60. The molecule has 2 aromatic rings. The molecule has 0 saturated carbocycles. The van der Waals surface area contributed by atoms with Crippen molar-refractivity contribution >= 4 is 6.09 Å². The molecule has 0 bridgehead atoms. The molecule has 2 heterocycles. The van der Waals surface area contributed by atoms with Gasteiger partial charge in [0.2, 0.25) is 11.7 Å². The highest BCUT2D eigenvalue weighted by Gasteiger charge is 2.16. The molecule has 0 aliphatic carbocycles. The SMILES string of the molecule is Cn1cc(-c2noc(CCNC(=O)OC(C)(C)C)n2)cn1. The summed E-state index contributed by atoms with van der Waals surface area (Å²) in [6.07, 6.45) is 3.43. The lowest BCUT2D eigenvalue weighted by atomic mass is 10.2. The van der Waals surface area contributed by atoms with Crippen molar-refractivity contribution < 1.29 is 14.1 Å². The van der Waals surface area contributed by atoms with Gasteiger partial charge < -0.3 is 14.6 Å². The molecule has 0 saturated heterocycles. The number of aryl methyl sites for hydroxylation is 1. The molecule has 1 N–H and O–H groups in total. The van der Waals surface area contributed by atoms with E-state index in [9.17, 15) is 4.79 Å². The van der Waals surface area contributed by atoms with Gasteiger partial charge in [-0.25, -0.2) is 4.79 Å². The van der Waals surface area contributed by atoms with Crippen LogP contribution in [0.2, 0.25) is 0 Å². The van der Waals surface area contributed by atoms with Crippen LogP contribution in [-0.4, -0.2) is 38.2 Å². The molecule has 114 valence electrons. The van der Waals surface area contributed by atoms with Gasteiger partial charge in [-0.2, -0.15) is 10.1 Å². The summed E-state index contributed by atoms with van der Waals surface area (Å²) >= 11 is 0. The predicted octanol–water partition coefficient (Wildman–Crippen LogP) is 1.54. The van der Waals surface area contributed by atoms with Gasteiger partial charge in [0, 0.05) is 26.2 Å². The molecule has 0 unspecified atom stereocenters. The summed E-state index contributed by atoms with van der Waals surface area (Å²) < 4.78 is 11.9. The van der Waals surface area contributed by atoms with Crippen LogP contribution in [0.15, 0.2) is 16.9 Å². The first kappa shape index (κ1) is 15.0. The Morgan fingerprint density at radius 1 is 1.48 bits per heavy atom. The zero-order valence-corrected chi connectivity index (χ0v) is 12.6. The lowest BCUT2D eigenvalue weighted by molar-refractivity contribution is 0.0527. The summed E-state index contributed by atoms with van der Waals surface area (Å²) in [6, 6.07) is 0. The Labute approximate surface area is 122 Å². The van der Waals surface area contributed by atoms with E-state index in [0.717, 1.165) is 5.56 Å². The first-order valence-corrected chi connectivity index (χ1v) is 6.62. The maximum Gasteiger partial charge on any atom is 0.407 e. The normalized spacial score (nSPS) is 11.4. The summed E-state index contributed by atoms with van der Waals surface area (Å²) in [4.78, 5) is 15.7. The van der Waals surface area contributed by atoms with E-state index in [0.29, 0.717) is 24.7 Å². The number of aromatic nitrogens is 4. The molecule has 0 spiro atoms. The minimum absolute atomic E-state index is 0.365. The van der Waals surface area contributed by atoms with Crippen molar-refractivity contribution in [1.29, 1.82) is 0 Å². The number of ether oxygens (including phenoxy) is 1. The van der Waals surface area contributed by atoms with Gasteiger partial charge in [-0.1, -0.05) is 5.16 Å². The van der Waals surface area contributed by atoms with Gasteiger partial charge in [-0.3, -0.25) is 4.68 Å². The molecule has 8 heteroatoms. The predicted molar refractivity (Wildman–Crippen MR) is 74.4 cm³/mol. The van der Waals surface area contributed by atoms with Gasteiger partial charge in [0.1, 0.15) is 5.60 Å². The van der Waals surface area contributed by atoms with Crippen LogP contribution in [0.1, 0.15) is 26.7 Å². The van der Waals surface area contributed by atoms with Crippen molar-refractivity contribution in [3.05, 3.63) is 18.3 Å². The van der Waals surface area contributed by atoms with Crippen molar-refractivity contribution in [3.8, 4) is 11.4 Å². The topological polar surface area (TPSA) is 95.1 Å².